The summed E-state index contributed by atoms with van der Waals surface area (Å²) in [6.45, 7) is 3.85. The van der Waals surface area contributed by atoms with E-state index in [0.29, 0.717) is 15.7 Å². The lowest BCUT2D eigenvalue weighted by atomic mass is 10.1. The van der Waals surface area contributed by atoms with Crippen LogP contribution < -0.4 is 0 Å². The Morgan fingerprint density at radius 2 is 1.82 bits per heavy atom. The largest absolute Gasteiger partial charge is 0.525 e. The van der Waals surface area contributed by atoms with Crippen LogP contribution in [0.25, 0.3) is 21.0 Å². The SMILES string of the molecule is CC1(C)SC(c2nc3ccc(O)cc3s2)=N/C1=C(\OP(=O)(O)O)Sc1ccc2ccccc2c1. The van der Waals surface area contributed by atoms with Crippen molar-refractivity contribution in [2.75, 3.05) is 0 Å². The second-order valence-electron chi connectivity index (χ2n) is 8.03. The van der Waals surface area contributed by atoms with Crippen LogP contribution in [0.4, 0.5) is 0 Å². The fraction of sp³-hybridized carbons (Fsp3) is 0.130. The Kier molecular flexibility index (Phi) is 6.00. The van der Waals surface area contributed by atoms with E-state index in [-0.39, 0.29) is 10.8 Å². The van der Waals surface area contributed by atoms with Gasteiger partial charge in [-0.15, -0.1) is 11.3 Å². The topological polar surface area (TPSA) is 112 Å². The second-order valence-corrected chi connectivity index (χ2v) is 12.9. The van der Waals surface area contributed by atoms with Crippen molar-refractivity contribution in [3.63, 3.8) is 0 Å². The Morgan fingerprint density at radius 3 is 2.59 bits per heavy atom. The van der Waals surface area contributed by atoms with Gasteiger partial charge in [0.2, 0.25) is 0 Å². The molecule has 0 fully saturated rings. The summed E-state index contributed by atoms with van der Waals surface area (Å²) in [6, 6.07) is 18.6. The molecular weight excluding hydrogens is 511 g/mol. The number of fused-ring (bicyclic) bond motifs is 2. The van der Waals surface area contributed by atoms with Gasteiger partial charge in [-0.05, 0) is 55.0 Å². The molecule has 0 saturated heterocycles. The molecule has 0 saturated carbocycles. The van der Waals surface area contributed by atoms with Crippen LogP contribution in [-0.2, 0) is 9.09 Å². The van der Waals surface area contributed by atoms with Crippen LogP contribution in [0.15, 0.2) is 81.3 Å². The molecule has 2 heterocycles. The van der Waals surface area contributed by atoms with Crippen LogP contribution in [0.5, 0.6) is 5.75 Å². The maximum Gasteiger partial charge on any atom is 0.525 e. The molecule has 0 spiro atoms. The number of hydrogen-bond acceptors (Lipinski definition) is 8. The summed E-state index contributed by atoms with van der Waals surface area (Å²) < 4.78 is 17.2. The summed E-state index contributed by atoms with van der Waals surface area (Å²) in [5.74, 6) is 0.161. The lowest BCUT2D eigenvalue weighted by molar-refractivity contribution is 0.252. The predicted octanol–water partition coefficient (Wildman–Crippen LogP) is 6.50. The van der Waals surface area contributed by atoms with Gasteiger partial charge in [0.25, 0.3) is 0 Å². The molecule has 0 amide bonds. The van der Waals surface area contributed by atoms with Gasteiger partial charge in [-0.2, -0.15) is 0 Å². The third-order valence-corrected chi connectivity index (χ3v) is 8.85. The molecule has 0 unspecified atom stereocenters. The van der Waals surface area contributed by atoms with Crippen molar-refractivity contribution in [1.29, 1.82) is 0 Å². The number of benzene rings is 3. The van der Waals surface area contributed by atoms with Crippen molar-refractivity contribution in [3.05, 3.63) is 76.5 Å². The van der Waals surface area contributed by atoms with Crippen LogP contribution >= 0.6 is 42.7 Å². The Labute approximate surface area is 207 Å². The third-order valence-electron chi connectivity index (χ3n) is 5.02. The van der Waals surface area contributed by atoms with Gasteiger partial charge in [0.1, 0.15) is 21.5 Å². The summed E-state index contributed by atoms with van der Waals surface area (Å²) >= 11 is 3.97. The first-order chi connectivity index (χ1) is 16.1. The number of aromatic nitrogens is 1. The van der Waals surface area contributed by atoms with Crippen molar-refractivity contribution in [2.24, 2.45) is 4.99 Å². The fourth-order valence-corrected chi connectivity index (χ4v) is 7.36. The molecule has 1 aliphatic rings. The van der Waals surface area contributed by atoms with Gasteiger partial charge in [0.05, 0.1) is 15.0 Å². The van der Waals surface area contributed by atoms with E-state index in [2.05, 4.69) is 4.98 Å². The molecular formula is C23H19N2O5PS3. The number of phenolic OH excluding ortho intramolecular Hbond substituents is 1. The van der Waals surface area contributed by atoms with E-state index in [9.17, 15) is 19.5 Å². The minimum Gasteiger partial charge on any atom is -0.508 e. The first-order valence-corrected chi connectivity index (χ1v) is 14.1. The van der Waals surface area contributed by atoms with Crippen LogP contribution in [0.2, 0.25) is 0 Å². The number of phenols is 1. The zero-order chi connectivity index (χ0) is 24.1. The second kappa shape index (κ2) is 8.71. The van der Waals surface area contributed by atoms with E-state index >= 15 is 0 Å². The monoisotopic (exact) mass is 530 g/mol. The maximum atomic E-state index is 11.8. The van der Waals surface area contributed by atoms with Crippen molar-refractivity contribution in [1.82, 2.24) is 4.98 Å². The van der Waals surface area contributed by atoms with Gasteiger partial charge >= 0.3 is 7.82 Å². The fourth-order valence-electron chi connectivity index (χ4n) is 3.49. The molecule has 1 aromatic heterocycles. The molecule has 7 nitrogen and oxygen atoms in total. The highest BCUT2D eigenvalue weighted by Crippen LogP contribution is 2.52. The van der Waals surface area contributed by atoms with Crippen LogP contribution in [0.1, 0.15) is 18.9 Å². The Hall–Kier alpha value is -2.33. The van der Waals surface area contributed by atoms with Crippen molar-refractivity contribution in [2.45, 2.75) is 23.5 Å². The number of aliphatic imine (C=N–C) groups is 1. The minimum atomic E-state index is -4.83. The minimum absolute atomic E-state index is 0.0508. The molecule has 4 aromatic rings. The van der Waals surface area contributed by atoms with Crippen LogP contribution in [0.3, 0.4) is 0 Å². The molecule has 3 aromatic carbocycles. The van der Waals surface area contributed by atoms with Gasteiger partial charge in [-0.25, -0.2) is 14.5 Å². The summed E-state index contributed by atoms with van der Waals surface area (Å²) in [7, 11) is -4.83. The average molecular weight is 531 g/mol. The Bertz CT molecular complexity index is 1540. The number of thioether (sulfide) groups is 2. The Morgan fingerprint density at radius 1 is 1.06 bits per heavy atom. The first-order valence-electron chi connectivity index (χ1n) is 10.1. The quantitative estimate of drug-likeness (QED) is 0.152. The normalized spacial score (nSPS) is 17.2. The van der Waals surface area contributed by atoms with E-state index in [1.807, 2.05) is 56.3 Å². The number of thiazole rings is 1. The first kappa shape index (κ1) is 23.4. The van der Waals surface area contributed by atoms with Gasteiger partial charge in [-0.3, -0.25) is 9.79 Å². The number of aromatic hydroxyl groups is 1. The van der Waals surface area contributed by atoms with E-state index in [0.717, 1.165) is 37.6 Å². The van der Waals surface area contributed by atoms with Crippen molar-refractivity contribution in [3.8, 4) is 5.75 Å². The van der Waals surface area contributed by atoms with Gasteiger partial charge in [0.15, 0.2) is 5.09 Å². The predicted molar refractivity (Wildman–Crippen MR) is 139 cm³/mol. The van der Waals surface area contributed by atoms with E-state index in [1.165, 1.54) is 23.1 Å². The molecule has 174 valence electrons. The van der Waals surface area contributed by atoms with Gasteiger partial charge in [-0.1, -0.05) is 53.9 Å². The maximum absolute atomic E-state index is 11.8. The Balaban J connectivity index is 1.59. The number of rotatable bonds is 5. The van der Waals surface area contributed by atoms with E-state index in [1.54, 1.807) is 18.2 Å². The zero-order valence-corrected chi connectivity index (χ0v) is 21.3. The van der Waals surface area contributed by atoms with Gasteiger partial charge < -0.3 is 9.63 Å². The summed E-state index contributed by atoms with van der Waals surface area (Å²) in [5, 5.41) is 13.2. The van der Waals surface area contributed by atoms with Crippen LogP contribution in [0, 0.1) is 0 Å². The third kappa shape index (κ3) is 4.88. The molecule has 3 N–H and O–H groups in total. The average Bonchev–Trinajstić information content (AvgIpc) is 3.32. The summed E-state index contributed by atoms with van der Waals surface area (Å²) in [4.78, 5) is 29.4. The molecule has 1 aliphatic heterocycles. The molecule has 0 radical (unpaired) electrons. The highest BCUT2D eigenvalue weighted by molar-refractivity contribution is 8.16. The molecule has 0 atom stereocenters. The summed E-state index contributed by atoms with van der Waals surface area (Å²) in [6.07, 6.45) is 0. The number of nitrogens with zero attached hydrogens (tertiary/aromatic N) is 2. The van der Waals surface area contributed by atoms with E-state index < -0.39 is 12.6 Å². The van der Waals surface area contributed by atoms with Crippen LogP contribution in [-0.4, -0.2) is 29.7 Å². The zero-order valence-electron chi connectivity index (χ0n) is 18.0. The number of phosphoric acid groups is 1. The van der Waals surface area contributed by atoms with Crippen molar-refractivity contribution < 1.29 is 24.0 Å². The van der Waals surface area contributed by atoms with Gasteiger partial charge in [0, 0.05) is 4.90 Å². The highest BCUT2D eigenvalue weighted by Gasteiger charge is 2.39. The lowest BCUT2D eigenvalue weighted by Gasteiger charge is -2.21. The molecule has 0 bridgehead atoms. The lowest BCUT2D eigenvalue weighted by Crippen LogP contribution is -2.15. The van der Waals surface area contributed by atoms with Crippen molar-refractivity contribution >= 4 is 68.7 Å². The number of hydrogen-bond donors (Lipinski definition) is 3. The molecule has 0 aliphatic carbocycles. The summed E-state index contributed by atoms with van der Waals surface area (Å²) in [5.41, 5.74) is 1.17. The van der Waals surface area contributed by atoms with E-state index in [4.69, 9.17) is 9.52 Å². The smallest absolute Gasteiger partial charge is 0.508 e. The molecule has 34 heavy (non-hydrogen) atoms. The molecule has 5 rings (SSSR count). The highest BCUT2D eigenvalue weighted by atomic mass is 32.2. The molecule has 11 heteroatoms. The number of phosphoric ester groups is 1. The standard InChI is InChI=1S/C23H19N2O5PS3/c1-23(2)19(25-21(34-23)20-24-17-10-8-15(26)12-18(17)33-20)22(30-31(27,28)29)32-16-9-7-13-5-3-4-6-14(13)11-16/h3-12,26H,1-2H3,(H2,27,28,29)/b22-19+.